The molecule has 1 fully saturated rings. The van der Waals surface area contributed by atoms with Crippen molar-refractivity contribution in [1.82, 2.24) is 0 Å². The molecule has 0 unspecified atom stereocenters. The lowest BCUT2D eigenvalue weighted by Gasteiger charge is -2.32. The van der Waals surface area contributed by atoms with Crippen molar-refractivity contribution in [1.29, 1.82) is 0 Å². The predicted molar refractivity (Wildman–Crippen MR) is 76.1 cm³/mol. The van der Waals surface area contributed by atoms with Crippen LogP contribution in [0.15, 0.2) is 18.2 Å². The van der Waals surface area contributed by atoms with E-state index in [1.54, 1.807) is 0 Å². The summed E-state index contributed by atoms with van der Waals surface area (Å²) in [7, 11) is -0.844. The van der Waals surface area contributed by atoms with E-state index in [0.717, 1.165) is 6.07 Å². The highest BCUT2D eigenvalue weighted by Crippen LogP contribution is 2.36. The summed E-state index contributed by atoms with van der Waals surface area (Å²) in [5.41, 5.74) is -1.11. The Bertz CT molecular complexity index is 591. The Labute approximate surface area is 122 Å². The fraction of sp³-hybridized carbons (Fsp3) is 0.429. The van der Waals surface area contributed by atoms with Gasteiger partial charge in [0.25, 0.3) is 0 Å². The molecular weight excluding hydrogens is 275 g/mol. The van der Waals surface area contributed by atoms with Crippen LogP contribution < -0.4 is 5.46 Å². The smallest absolute Gasteiger partial charge is 0.478 e. The van der Waals surface area contributed by atoms with E-state index < -0.39 is 30.3 Å². The Morgan fingerprint density at radius 3 is 1.95 bits per heavy atom. The molecule has 7 heteroatoms. The molecule has 1 heterocycles. The molecule has 0 bridgehead atoms. The van der Waals surface area contributed by atoms with Crippen LogP contribution in [-0.2, 0) is 9.31 Å². The van der Waals surface area contributed by atoms with E-state index in [4.69, 9.17) is 14.4 Å². The van der Waals surface area contributed by atoms with Gasteiger partial charge in [0.2, 0.25) is 0 Å². The molecular formula is C14H17BO6. The monoisotopic (exact) mass is 292 g/mol. The fourth-order valence-electron chi connectivity index (χ4n) is 2.05. The molecule has 0 aromatic heterocycles. The van der Waals surface area contributed by atoms with Gasteiger partial charge >= 0.3 is 19.1 Å². The van der Waals surface area contributed by atoms with Gasteiger partial charge in [-0.2, -0.15) is 0 Å². The van der Waals surface area contributed by atoms with Crippen molar-refractivity contribution in [3.05, 3.63) is 29.3 Å². The van der Waals surface area contributed by atoms with Crippen LogP contribution in [0.5, 0.6) is 0 Å². The van der Waals surface area contributed by atoms with Crippen LogP contribution in [0, 0.1) is 0 Å². The second kappa shape index (κ2) is 4.86. The lowest BCUT2D eigenvalue weighted by Crippen LogP contribution is -2.41. The first-order chi connectivity index (χ1) is 9.55. The quantitative estimate of drug-likeness (QED) is 0.818. The van der Waals surface area contributed by atoms with Crippen LogP contribution in [0.2, 0.25) is 0 Å². The molecule has 1 aliphatic heterocycles. The van der Waals surface area contributed by atoms with E-state index in [1.165, 1.54) is 12.1 Å². The van der Waals surface area contributed by atoms with E-state index in [0.29, 0.717) is 5.46 Å². The molecule has 0 aliphatic carbocycles. The first-order valence-electron chi connectivity index (χ1n) is 6.51. The lowest BCUT2D eigenvalue weighted by atomic mass is 9.75. The zero-order valence-corrected chi connectivity index (χ0v) is 12.3. The summed E-state index contributed by atoms with van der Waals surface area (Å²) in [6.07, 6.45) is 0. The summed E-state index contributed by atoms with van der Waals surface area (Å²) in [4.78, 5) is 22.3. The number of carboxylic acid groups (broad SMARTS) is 2. The van der Waals surface area contributed by atoms with Gasteiger partial charge in [-0.25, -0.2) is 9.59 Å². The molecule has 0 amide bonds. The Balaban J connectivity index is 2.46. The van der Waals surface area contributed by atoms with Gasteiger partial charge in [-0.05, 0) is 45.3 Å². The van der Waals surface area contributed by atoms with Gasteiger partial charge in [0.05, 0.1) is 22.3 Å². The van der Waals surface area contributed by atoms with Crippen LogP contribution in [0.25, 0.3) is 0 Å². The largest absolute Gasteiger partial charge is 0.495 e. The second-order valence-electron chi connectivity index (χ2n) is 6.00. The van der Waals surface area contributed by atoms with Crippen molar-refractivity contribution in [2.75, 3.05) is 0 Å². The van der Waals surface area contributed by atoms with Crippen LogP contribution in [0.4, 0.5) is 0 Å². The highest BCUT2D eigenvalue weighted by molar-refractivity contribution is 6.63. The first kappa shape index (κ1) is 15.5. The van der Waals surface area contributed by atoms with E-state index >= 15 is 0 Å². The zero-order valence-electron chi connectivity index (χ0n) is 12.3. The number of carboxylic acids is 2. The Morgan fingerprint density at radius 1 is 1.00 bits per heavy atom. The number of carbonyl (C=O) groups is 2. The zero-order chi connectivity index (χ0) is 16.0. The Hall–Kier alpha value is -1.86. The number of aromatic carboxylic acids is 2. The van der Waals surface area contributed by atoms with Crippen LogP contribution in [-0.4, -0.2) is 40.5 Å². The minimum absolute atomic E-state index is 0.0901. The lowest BCUT2D eigenvalue weighted by molar-refractivity contribution is 0.00578. The number of benzene rings is 1. The Morgan fingerprint density at radius 2 is 1.52 bits per heavy atom. The Kier molecular flexibility index (Phi) is 3.59. The van der Waals surface area contributed by atoms with Gasteiger partial charge in [-0.3, -0.25) is 0 Å². The predicted octanol–water partition coefficient (Wildman–Crippen LogP) is 1.38. The van der Waals surface area contributed by atoms with Gasteiger partial charge < -0.3 is 19.5 Å². The third kappa shape index (κ3) is 2.66. The molecule has 2 rings (SSSR count). The van der Waals surface area contributed by atoms with Gasteiger partial charge in [-0.1, -0.05) is 6.07 Å². The summed E-state index contributed by atoms with van der Waals surface area (Å²) in [6.45, 7) is 7.44. The highest BCUT2D eigenvalue weighted by atomic mass is 16.7. The molecule has 21 heavy (non-hydrogen) atoms. The third-order valence-electron chi connectivity index (χ3n) is 4.04. The van der Waals surface area contributed by atoms with Crippen LogP contribution in [0.3, 0.4) is 0 Å². The molecule has 6 nitrogen and oxygen atoms in total. The molecule has 1 aliphatic rings. The SMILES string of the molecule is CC1(C)OB(c2ccc(C(=O)O)cc2C(=O)O)OC1(C)C. The first-order valence-corrected chi connectivity index (χ1v) is 6.51. The second-order valence-corrected chi connectivity index (χ2v) is 6.00. The van der Waals surface area contributed by atoms with E-state index in [-0.39, 0.29) is 11.1 Å². The van der Waals surface area contributed by atoms with Crippen molar-refractivity contribution in [3.8, 4) is 0 Å². The summed E-state index contributed by atoms with van der Waals surface area (Å²) in [6, 6.07) is 3.88. The summed E-state index contributed by atoms with van der Waals surface area (Å²) in [5, 5.41) is 18.2. The third-order valence-corrected chi connectivity index (χ3v) is 4.04. The molecule has 2 N–H and O–H groups in total. The molecule has 0 saturated carbocycles. The van der Waals surface area contributed by atoms with Gasteiger partial charge in [0.15, 0.2) is 0 Å². The van der Waals surface area contributed by atoms with Crippen molar-refractivity contribution in [2.45, 2.75) is 38.9 Å². The maximum absolute atomic E-state index is 11.4. The normalized spacial score (nSPS) is 19.5. The maximum Gasteiger partial charge on any atom is 0.495 e. The summed E-state index contributed by atoms with van der Waals surface area (Å²) < 4.78 is 11.6. The van der Waals surface area contributed by atoms with Crippen molar-refractivity contribution in [2.24, 2.45) is 0 Å². The van der Waals surface area contributed by atoms with Crippen LogP contribution >= 0.6 is 0 Å². The number of hydrogen-bond donors (Lipinski definition) is 2. The summed E-state index contributed by atoms with van der Waals surface area (Å²) >= 11 is 0. The molecule has 1 saturated heterocycles. The van der Waals surface area contributed by atoms with E-state index in [9.17, 15) is 14.7 Å². The highest BCUT2D eigenvalue weighted by Gasteiger charge is 2.52. The fourth-order valence-corrected chi connectivity index (χ4v) is 2.05. The molecule has 1 aromatic rings. The van der Waals surface area contributed by atoms with Crippen LogP contribution in [0.1, 0.15) is 48.4 Å². The number of rotatable bonds is 3. The van der Waals surface area contributed by atoms with Crippen molar-refractivity contribution >= 4 is 24.5 Å². The van der Waals surface area contributed by atoms with Gasteiger partial charge in [0.1, 0.15) is 0 Å². The van der Waals surface area contributed by atoms with Crippen molar-refractivity contribution in [3.63, 3.8) is 0 Å². The standard InChI is InChI=1S/C14H17BO6/c1-13(2)14(3,4)21-15(20-13)10-6-5-8(11(16)17)7-9(10)12(18)19/h5-7H,1-4H3,(H,16,17)(H,18,19). The topological polar surface area (TPSA) is 93.1 Å². The summed E-state index contributed by atoms with van der Waals surface area (Å²) in [5.74, 6) is -2.40. The van der Waals surface area contributed by atoms with E-state index in [1.807, 2.05) is 27.7 Å². The minimum Gasteiger partial charge on any atom is -0.478 e. The van der Waals surface area contributed by atoms with Crippen molar-refractivity contribution < 1.29 is 29.1 Å². The van der Waals surface area contributed by atoms with E-state index in [2.05, 4.69) is 0 Å². The molecule has 0 radical (unpaired) electrons. The number of hydrogen-bond acceptors (Lipinski definition) is 4. The molecule has 0 atom stereocenters. The van der Waals surface area contributed by atoms with Gasteiger partial charge in [-0.15, -0.1) is 0 Å². The van der Waals surface area contributed by atoms with Gasteiger partial charge in [0, 0.05) is 0 Å². The maximum atomic E-state index is 11.4. The average molecular weight is 292 g/mol. The molecule has 1 aromatic carbocycles. The molecule has 112 valence electrons. The molecule has 0 spiro atoms. The minimum atomic E-state index is -1.22. The average Bonchev–Trinajstić information content (AvgIpc) is 2.57.